The molecule has 1 aliphatic heterocycles. The van der Waals surface area contributed by atoms with Crippen LogP contribution in [0.15, 0.2) is 29.1 Å². The van der Waals surface area contributed by atoms with Crippen LogP contribution in [0.2, 0.25) is 0 Å². The first-order chi connectivity index (χ1) is 11.8. The number of aromatic nitrogens is 1. The molecule has 1 aromatic carbocycles. The van der Waals surface area contributed by atoms with Crippen LogP contribution in [0.1, 0.15) is 25.3 Å². The zero-order valence-corrected chi connectivity index (χ0v) is 13.5. The summed E-state index contributed by atoms with van der Waals surface area (Å²) in [5, 5.41) is -0.0530. The summed E-state index contributed by atoms with van der Waals surface area (Å²) in [5.74, 6) is -0.387. The number of nitrogens with one attached hydrogen (secondary N) is 1. The Morgan fingerprint density at radius 1 is 1.36 bits per heavy atom. The molecule has 0 aliphatic carbocycles. The normalized spacial score (nSPS) is 17.9. The maximum atomic E-state index is 13.3. The third-order valence-corrected chi connectivity index (χ3v) is 4.32. The number of esters is 1. The number of aromatic amines is 1. The van der Waals surface area contributed by atoms with E-state index in [1.54, 1.807) is 6.07 Å². The number of anilines is 1. The first kappa shape index (κ1) is 17.3. The molecule has 0 amide bonds. The van der Waals surface area contributed by atoms with Gasteiger partial charge in [0.2, 0.25) is 5.56 Å². The van der Waals surface area contributed by atoms with Crippen LogP contribution in [0.25, 0.3) is 10.9 Å². The highest BCUT2D eigenvalue weighted by Crippen LogP contribution is 2.36. The molecule has 5 nitrogen and oxygen atoms in total. The Balaban J connectivity index is 2.01. The summed E-state index contributed by atoms with van der Waals surface area (Å²) in [6, 6.07) is 5.08. The number of H-pyrrole nitrogens is 1. The van der Waals surface area contributed by atoms with Gasteiger partial charge in [-0.05, 0) is 31.0 Å². The molecule has 1 atom stereocenters. The molecule has 8 heteroatoms. The Labute approximate surface area is 141 Å². The molecular formula is C17H17F3N2O3. The SMILES string of the molecule is CC(=O)OC[C@H]1CCCN1c1ccc2[nH]c(=O)cc(C(F)(F)F)c2c1. The molecule has 1 fully saturated rings. The van der Waals surface area contributed by atoms with E-state index in [1.807, 2.05) is 4.90 Å². The highest BCUT2D eigenvalue weighted by molar-refractivity contribution is 5.86. The Morgan fingerprint density at radius 3 is 2.80 bits per heavy atom. The summed E-state index contributed by atoms with van der Waals surface area (Å²) in [6.45, 7) is 2.19. The first-order valence-electron chi connectivity index (χ1n) is 7.90. The maximum Gasteiger partial charge on any atom is 0.417 e. The van der Waals surface area contributed by atoms with Crippen molar-refractivity contribution in [3.63, 3.8) is 0 Å². The Hall–Kier alpha value is -2.51. The van der Waals surface area contributed by atoms with Crippen LogP contribution in [0.3, 0.4) is 0 Å². The lowest BCUT2D eigenvalue weighted by atomic mass is 10.1. The largest absolute Gasteiger partial charge is 0.464 e. The van der Waals surface area contributed by atoms with Crippen molar-refractivity contribution in [1.82, 2.24) is 4.98 Å². The van der Waals surface area contributed by atoms with Gasteiger partial charge in [-0.1, -0.05) is 0 Å². The maximum absolute atomic E-state index is 13.3. The van der Waals surface area contributed by atoms with E-state index in [0.29, 0.717) is 18.3 Å². The molecule has 1 N–H and O–H groups in total. The second-order valence-electron chi connectivity index (χ2n) is 6.07. The van der Waals surface area contributed by atoms with E-state index in [-0.39, 0.29) is 29.5 Å². The van der Waals surface area contributed by atoms with Gasteiger partial charge in [-0.3, -0.25) is 9.59 Å². The Kier molecular flexibility index (Phi) is 4.45. The number of halogens is 3. The molecular weight excluding hydrogens is 337 g/mol. The van der Waals surface area contributed by atoms with Crippen LogP contribution in [0.4, 0.5) is 18.9 Å². The lowest BCUT2D eigenvalue weighted by Gasteiger charge is -2.27. The number of alkyl halides is 3. The van der Waals surface area contributed by atoms with E-state index in [0.717, 1.165) is 12.8 Å². The van der Waals surface area contributed by atoms with E-state index in [9.17, 15) is 22.8 Å². The Morgan fingerprint density at radius 2 is 2.12 bits per heavy atom. The lowest BCUT2D eigenvalue weighted by molar-refractivity contribution is -0.141. The fourth-order valence-electron chi connectivity index (χ4n) is 3.22. The summed E-state index contributed by atoms with van der Waals surface area (Å²) < 4.78 is 44.9. The number of hydrogen-bond donors (Lipinski definition) is 1. The van der Waals surface area contributed by atoms with E-state index in [1.165, 1.54) is 19.1 Å². The molecule has 1 saturated heterocycles. The van der Waals surface area contributed by atoms with Crippen molar-refractivity contribution < 1.29 is 22.7 Å². The predicted molar refractivity (Wildman–Crippen MR) is 86.6 cm³/mol. The first-order valence-corrected chi connectivity index (χ1v) is 7.90. The number of ether oxygens (including phenoxy) is 1. The van der Waals surface area contributed by atoms with Crippen molar-refractivity contribution in [2.24, 2.45) is 0 Å². The smallest absolute Gasteiger partial charge is 0.417 e. The van der Waals surface area contributed by atoms with Gasteiger partial charge in [-0.2, -0.15) is 13.2 Å². The minimum atomic E-state index is -4.62. The molecule has 0 unspecified atom stereocenters. The van der Waals surface area contributed by atoms with Crippen LogP contribution in [0, 0.1) is 0 Å². The molecule has 3 rings (SSSR count). The molecule has 134 valence electrons. The summed E-state index contributed by atoms with van der Waals surface area (Å²) >= 11 is 0. The topological polar surface area (TPSA) is 62.4 Å². The van der Waals surface area contributed by atoms with Gasteiger partial charge in [0.1, 0.15) is 6.61 Å². The molecule has 1 aromatic heterocycles. The average molecular weight is 354 g/mol. The van der Waals surface area contributed by atoms with E-state index < -0.39 is 17.3 Å². The average Bonchev–Trinajstić information content (AvgIpc) is 2.99. The van der Waals surface area contributed by atoms with Crippen molar-refractivity contribution in [1.29, 1.82) is 0 Å². The van der Waals surface area contributed by atoms with Gasteiger partial charge in [-0.15, -0.1) is 0 Å². The number of fused-ring (bicyclic) bond motifs is 1. The number of hydrogen-bond acceptors (Lipinski definition) is 4. The van der Waals surface area contributed by atoms with Crippen molar-refractivity contribution in [3.8, 4) is 0 Å². The fraction of sp³-hybridized carbons (Fsp3) is 0.412. The van der Waals surface area contributed by atoms with Crippen LogP contribution in [-0.2, 0) is 15.7 Å². The van der Waals surface area contributed by atoms with Crippen molar-refractivity contribution >= 4 is 22.6 Å². The summed E-state index contributed by atoms with van der Waals surface area (Å²) in [4.78, 5) is 26.9. The van der Waals surface area contributed by atoms with Gasteiger partial charge in [0.15, 0.2) is 0 Å². The quantitative estimate of drug-likeness (QED) is 0.861. The number of benzene rings is 1. The molecule has 25 heavy (non-hydrogen) atoms. The second kappa shape index (κ2) is 6.42. The van der Waals surface area contributed by atoms with Crippen LogP contribution in [0.5, 0.6) is 0 Å². The monoisotopic (exact) mass is 354 g/mol. The van der Waals surface area contributed by atoms with Crippen molar-refractivity contribution in [3.05, 3.63) is 40.2 Å². The van der Waals surface area contributed by atoms with Crippen molar-refractivity contribution in [2.75, 3.05) is 18.1 Å². The van der Waals surface area contributed by atoms with Gasteiger partial charge >= 0.3 is 12.1 Å². The highest BCUT2D eigenvalue weighted by Gasteiger charge is 2.34. The third kappa shape index (κ3) is 3.62. The van der Waals surface area contributed by atoms with E-state index >= 15 is 0 Å². The van der Waals surface area contributed by atoms with E-state index in [4.69, 9.17) is 4.74 Å². The fourth-order valence-corrected chi connectivity index (χ4v) is 3.22. The number of carbonyl (C=O) groups is 1. The molecule has 2 aromatic rings. The minimum Gasteiger partial charge on any atom is -0.464 e. The Bertz CT molecular complexity index is 860. The zero-order chi connectivity index (χ0) is 18.2. The summed E-state index contributed by atoms with van der Waals surface area (Å²) in [6.07, 6.45) is -2.96. The number of carbonyl (C=O) groups excluding carboxylic acids is 1. The number of nitrogens with zero attached hydrogens (tertiary/aromatic N) is 1. The van der Waals surface area contributed by atoms with Crippen LogP contribution >= 0.6 is 0 Å². The zero-order valence-electron chi connectivity index (χ0n) is 13.5. The van der Waals surface area contributed by atoms with Gasteiger partial charge in [0, 0.05) is 36.1 Å². The predicted octanol–water partition coefficient (Wildman–Crippen LogP) is 3.08. The number of pyridine rings is 1. The molecule has 0 saturated carbocycles. The molecule has 1 aliphatic rings. The van der Waals surface area contributed by atoms with E-state index in [2.05, 4.69) is 4.98 Å². The lowest BCUT2D eigenvalue weighted by Crippen LogP contribution is -2.33. The van der Waals surface area contributed by atoms with Gasteiger partial charge in [0.25, 0.3) is 0 Å². The molecule has 0 spiro atoms. The molecule has 2 heterocycles. The van der Waals surface area contributed by atoms with Gasteiger partial charge in [-0.25, -0.2) is 0 Å². The summed E-state index contributed by atoms with van der Waals surface area (Å²) in [7, 11) is 0. The van der Waals surface area contributed by atoms with Gasteiger partial charge in [0.05, 0.1) is 11.6 Å². The standard InChI is InChI=1S/C17H17F3N2O3/c1-10(23)25-9-12-3-2-6-22(12)11-4-5-15-13(7-11)14(17(18,19)20)8-16(24)21-15/h4-5,7-8,12H,2-3,6,9H2,1H3,(H,21,24)/t12-/m1/s1. The highest BCUT2D eigenvalue weighted by atomic mass is 19.4. The molecule has 0 bridgehead atoms. The third-order valence-electron chi connectivity index (χ3n) is 4.32. The second-order valence-corrected chi connectivity index (χ2v) is 6.07. The number of rotatable bonds is 3. The van der Waals surface area contributed by atoms with Crippen LogP contribution in [-0.4, -0.2) is 30.1 Å². The van der Waals surface area contributed by atoms with Crippen LogP contribution < -0.4 is 10.5 Å². The molecule has 0 radical (unpaired) electrons. The van der Waals surface area contributed by atoms with Gasteiger partial charge < -0.3 is 14.6 Å². The minimum absolute atomic E-state index is 0.0530. The summed E-state index contributed by atoms with van der Waals surface area (Å²) in [5.41, 5.74) is -0.996. The van der Waals surface area contributed by atoms with Crippen molar-refractivity contribution in [2.45, 2.75) is 32.0 Å².